The van der Waals surface area contributed by atoms with Crippen molar-refractivity contribution in [1.29, 1.82) is 0 Å². The van der Waals surface area contributed by atoms with Gasteiger partial charge in [0.05, 0.1) is 0 Å². The molecule has 0 atom stereocenters. The summed E-state index contributed by atoms with van der Waals surface area (Å²) in [6, 6.07) is 8.86. The van der Waals surface area contributed by atoms with Crippen LogP contribution in [0.5, 0.6) is 0 Å². The van der Waals surface area contributed by atoms with E-state index in [4.69, 9.17) is 6.42 Å². The molecule has 17 heavy (non-hydrogen) atoms. The molecule has 2 rings (SSSR count). The Morgan fingerprint density at radius 1 is 1.18 bits per heavy atom. The predicted octanol–water partition coefficient (Wildman–Crippen LogP) is 2.40. The lowest BCUT2D eigenvalue weighted by Crippen LogP contribution is -2.18. The summed E-state index contributed by atoms with van der Waals surface area (Å²) in [4.78, 5) is 2.45. The van der Waals surface area contributed by atoms with Gasteiger partial charge in [0.15, 0.2) is 0 Å². The molecule has 0 aromatic heterocycles. The molecule has 1 aliphatic heterocycles. The van der Waals surface area contributed by atoms with Crippen LogP contribution in [-0.2, 0) is 6.54 Å². The van der Waals surface area contributed by atoms with E-state index in [1.54, 1.807) is 0 Å². The number of nitrogens with one attached hydrogen (secondary N) is 1. The van der Waals surface area contributed by atoms with Crippen molar-refractivity contribution in [2.45, 2.75) is 25.8 Å². The average Bonchev–Trinajstić information content (AvgIpc) is 2.89. The Morgan fingerprint density at radius 2 is 1.88 bits per heavy atom. The van der Waals surface area contributed by atoms with Gasteiger partial charge in [0.25, 0.3) is 0 Å². The van der Waals surface area contributed by atoms with Gasteiger partial charge in [0.1, 0.15) is 0 Å². The van der Waals surface area contributed by atoms with Crippen molar-refractivity contribution in [3.63, 3.8) is 0 Å². The van der Waals surface area contributed by atoms with Crippen LogP contribution in [0.1, 0.15) is 24.8 Å². The van der Waals surface area contributed by atoms with E-state index >= 15 is 0 Å². The summed E-state index contributed by atoms with van der Waals surface area (Å²) in [5.74, 6) is 2.63. The number of hydrogen-bond donors (Lipinski definition) is 1. The summed E-state index contributed by atoms with van der Waals surface area (Å²) in [7, 11) is 0. The molecular weight excluding hydrogens is 208 g/mol. The zero-order chi connectivity index (χ0) is 11.9. The van der Waals surface area contributed by atoms with Gasteiger partial charge >= 0.3 is 0 Å². The summed E-state index contributed by atoms with van der Waals surface area (Å²) in [5.41, 5.74) is 2.68. The van der Waals surface area contributed by atoms with Crippen molar-refractivity contribution in [2.75, 3.05) is 24.5 Å². The van der Waals surface area contributed by atoms with Crippen molar-refractivity contribution >= 4 is 5.69 Å². The van der Waals surface area contributed by atoms with Gasteiger partial charge in [0.2, 0.25) is 0 Å². The molecule has 1 aromatic rings. The Bertz CT molecular complexity index is 369. The van der Waals surface area contributed by atoms with Crippen LogP contribution in [0.4, 0.5) is 5.69 Å². The second-order valence-electron chi connectivity index (χ2n) is 4.49. The van der Waals surface area contributed by atoms with E-state index in [0.717, 1.165) is 19.5 Å². The smallest absolute Gasteiger partial charge is 0.0366 e. The highest BCUT2D eigenvalue weighted by molar-refractivity contribution is 5.48. The molecule has 0 saturated carbocycles. The maximum atomic E-state index is 5.20. The van der Waals surface area contributed by atoms with Crippen LogP contribution in [0, 0.1) is 12.3 Å². The second-order valence-corrected chi connectivity index (χ2v) is 4.49. The first-order chi connectivity index (χ1) is 8.40. The van der Waals surface area contributed by atoms with Gasteiger partial charge in [-0.05, 0) is 30.5 Å². The maximum absolute atomic E-state index is 5.20. The number of benzene rings is 1. The van der Waals surface area contributed by atoms with Crippen LogP contribution in [0.2, 0.25) is 0 Å². The molecule has 0 aliphatic carbocycles. The monoisotopic (exact) mass is 228 g/mol. The SMILES string of the molecule is C#CCCNCc1ccc(N2CCCC2)cc1. The highest BCUT2D eigenvalue weighted by atomic mass is 15.1. The van der Waals surface area contributed by atoms with E-state index < -0.39 is 0 Å². The van der Waals surface area contributed by atoms with Crippen LogP contribution in [0.25, 0.3) is 0 Å². The number of anilines is 1. The van der Waals surface area contributed by atoms with Crippen LogP contribution in [0.15, 0.2) is 24.3 Å². The van der Waals surface area contributed by atoms with E-state index in [0.29, 0.717) is 0 Å². The van der Waals surface area contributed by atoms with Crippen molar-refractivity contribution in [2.24, 2.45) is 0 Å². The largest absolute Gasteiger partial charge is 0.372 e. The standard InChI is InChI=1S/C15H20N2/c1-2-3-10-16-13-14-6-8-15(9-7-14)17-11-4-5-12-17/h1,6-9,16H,3-5,10-13H2. The van der Waals surface area contributed by atoms with Gasteiger partial charge in [-0.3, -0.25) is 0 Å². The molecule has 1 aromatic carbocycles. The molecule has 1 aliphatic rings. The molecular formula is C15H20N2. The summed E-state index contributed by atoms with van der Waals surface area (Å²) in [5, 5.41) is 3.34. The van der Waals surface area contributed by atoms with E-state index in [9.17, 15) is 0 Å². The molecule has 0 unspecified atom stereocenters. The van der Waals surface area contributed by atoms with Crippen LogP contribution in [-0.4, -0.2) is 19.6 Å². The van der Waals surface area contributed by atoms with E-state index in [2.05, 4.69) is 40.4 Å². The summed E-state index contributed by atoms with van der Waals surface area (Å²) in [6.45, 7) is 4.21. The average molecular weight is 228 g/mol. The van der Waals surface area contributed by atoms with E-state index in [1.807, 2.05) is 0 Å². The van der Waals surface area contributed by atoms with Crippen LogP contribution < -0.4 is 10.2 Å². The van der Waals surface area contributed by atoms with Gasteiger partial charge in [-0.2, -0.15) is 0 Å². The zero-order valence-electron chi connectivity index (χ0n) is 10.3. The van der Waals surface area contributed by atoms with Crippen molar-refractivity contribution in [3.05, 3.63) is 29.8 Å². The van der Waals surface area contributed by atoms with Crippen LogP contribution in [0.3, 0.4) is 0 Å². The molecule has 0 bridgehead atoms. The Balaban J connectivity index is 1.83. The first kappa shape index (κ1) is 12.0. The number of hydrogen-bond acceptors (Lipinski definition) is 2. The molecule has 90 valence electrons. The van der Waals surface area contributed by atoms with Gasteiger partial charge in [0, 0.05) is 38.3 Å². The summed E-state index contributed by atoms with van der Waals surface area (Å²) >= 11 is 0. The lowest BCUT2D eigenvalue weighted by Gasteiger charge is -2.17. The third-order valence-corrected chi connectivity index (χ3v) is 3.18. The Labute approximate surface area is 104 Å². The minimum absolute atomic E-state index is 0.797. The number of rotatable bonds is 5. The zero-order valence-corrected chi connectivity index (χ0v) is 10.3. The fourth-order valence-corrected chi connectivity index (χ4v) is 2.19. The molecule has 2 heteroatoms. The first-order valence-corrected chi connectivity index (χ1v) is 6.38. The number of nitrogens with zero attached hydrogens (tertiary/aromatic N) is 1. The third kappa shape index (κ3) is 3.51. The van der Waals surface area contributed by atoms with E-state index in [-0.39, 0.29) is 0 Å². The third-order valence-electron chi connectivity index (χ3n) is 3.18. The normalized spacial score (nSPS) is 14.9. The number of terminal acetylenes is 1. The molecule has 0 radical (unpaired) electrons. The quantitative estimate of drug-likeness (QED) is 0.615. The molecule has 2 nitrogen and oxygen atoms in total. The maximum Gasteiger partial charge on any atom is 0.0366 e. The van der Waals surface area contributed by atoms with Crippen molar-refractivity contribution < 1.29 is 0 Å². The van der Waals surface area contributed by atoms with Gasteiger partial charge < -0.3 is 10.2 Å². The first-order valence-electron chi connectivity index (χ1n) is 6.38. The molecule has 1 heterocycles. The predicted molar refractivity (Wildman–Crippen MR) is 73.0 cm³/mol. The fourth-order valence-electron chi connectivity index (χ4n) is 2.19. The highest BCUT2D eigenvalue weighted by Crippen LogP contribution is 2.20. The van der Waals surface area contributed by atoms with Gasteiger partial charge in [-0.1, -0.05) is 12.1 Å². The minimum Gasteiger partial charge on any atom is -0.372 e. The molecule has 0 amide bonds. The second kappa shape index (κ2) is 6.32. The Kier molecular flexibility index (Phi) is 4.46. The topological polar surface area (TPSA) is 15.3 Å². The van der Waals surface area contributed by atoms with Gasteiger partial charge in [-0.15, -0.1) is 12.3 Å². The molecule has 1 saturated heterocycles. The van der Waals surface area contributed by atoms with Crippen LogP contribution >= 0.6 is 0 Å². The fraction of sp³-hybridized carbons (Fsp3) is 0.467. The Morgan fingerprint density at radius 3 is 2.53 bits per heavy atom. The summed E-state index contributed by atoms with van der Waals surface area (Å²) < 4.78 is 0. The minimum atomic E-state index is 0.797. The van der Waals surface area contributed by atoms with Gasteiger partial charge in [-0.25, -0.2) is 0 Å². The van der Waals surface area contributed by atoms with E-state index in [1.165, 1.54) is 37.2 Å². The summed E-state index contributed by atoms with van der Waals surface area (Å²) in [6.07, 6.45) is 8.66. The lowest BCUT2D eigenvalue weighted by molar-refractivity contribution is 0.701. The highest BCUT2D eigenvalue weighted by Gasteiger charge is 2.11. The Hall–Kier alpha value is -1.46. The lowest BCUT2D eigenvalue weighted by atomic mass is 10.2. The molecule has 0 spiro atoms. The molecule has 1 N–H and O–H groups in total. The van der Waals surface area contributed by atoms with Crippen molar-refractivity contribution in [3.8, 4) is 12.3 Å². The molecule has 1 fully saturated rings. The van der Waals surface area contributed by atoms with Crippen molar-refractivity contribution in [1.82, 2.24) is 5.32 Å².